The van der Waals surface area contributed by atoms with Gasteiger partial charge in [-0.25, -0.2) is 0 Å². The van der Waals surface area contributed by atoms with E-state index in [1.807, 2.05) is 31.2 Å². The van der Waals surface area contributed by atoms with Gasteiger partial charge in [0.2, 0.25) is 5.91 Å². The number of aryl methyl sites for hydroxylation is 1. The summed E-state index contributed by atoms with van der Waals surface area (Å²) in [5, 5.41) is 3.71. The Morgan fingerprint density at radius 1 is 1.39 bits per heavy atom. The van der Waals surface area contributed by atoms with Crippen molar-refractivity contribution in [1.29, 1.82) is 0 Å². The Morgan fingerprint density at radius 3 is 2.89 bits per heavy atom. The molecule has 2 aromatic rings. The summed E-state index contributed by atoms with van der Waals surface area (Å²) in [7, 11) is 0. The number of H-pyrrole nitrogens is 1. The number of pyridine rings is 1. The van der Waals surface area contributed by atoms with E-state index in [0.29, 0.717) is 18.5 Å². The normalized spacial score (nSPS) is 10.6. The van der Waals surface area contributed by atoms with E-state index in [1.165, 1.54) is 6.92 Å². The van der Waals surface area contributed by atoms with Crippen LogP contribution in [0.15, 0.2) is 29.1 Å². The highest BCUT2D eigenvalue weighted by molar-refractivity contribution is 5.81. The molecule has 1 heterocycles. The number of carbonyl (C=O) groups is 1. The number of carbonyl (C=O) groups excluding carboxylic acids is 1. The molecule has 0 fully saturated rings. The van der Waals surface area contributed by atoms with Gasteiger partial charge in [-0.3, -0.25) is 9.59 Å². The average molecular weight is 244 g/mol. The van der Waals surface area contributed by atoms with Gasteiger partial charge in [0, 0.05) is 19.0 Å². The molecule has 1 aromatic heterocycles. The molecule has 0 bridgehead atoms. The lowest BCUT2D eigenvalue weighted by Gasteiger charge is -2.05. The highest BCUT2D eigenvalue weighted by atomic mass is 16.1. The lowest BCUT2D eigenvalue weighted by Crippen LogP contribution is -2.25. The summed E-state index contributed by atoms with van der Waals surface area (Å²) < 4.78 is 0. The highest BCUT2D eigenvalue weighted by Crippen LogP contribution is 2.14. The number of hydrogen-bond acceptors (Lipinski definition) is 2. The van der Waals surface area contributed by atoms with Crippen LogP contribution in [-0.2, 0) is 11.2 Å². The van der Waals surface area contributed by atoms with Gasteiger partial charge in [-0.1, -0.05) is 18.2 Å². The third-order valence-electron chi connectivity index (χ3n) is 2.93. The molecule has 4 nitrogen and oxygen atoms in total. The number of aromatic amines is 1. The third kappa shape index (κ3) is 2.59. The van der Waals surface area contributed by atoms with Crippen molar-refractivity contribution < 1.29 is 4.79 Å². The van der Waals surface area contributed by atoms with Crippen LogP contribution in [-0.4, -0.2) is 17.4 Å². The SMILES string of the molecule is CC(=O)NCCc1cc2cccc(C)c2[nH]c1=O. The number of aromatic nitrogens is 1. The van der Waals surface area contributed by atoms with E-state index in [0.717, 1.165) is 16.5 Å². The second-order valence-electron chi connectivity index (χ2n) is 4.40. The number of para-hydroxylation sites is 1. The van der Waals surface area contributed by atoms with Crippen LogP contribution in [0.3, 0.4) is 0 Å². The van der Waals surface area contributed by atoms with Gasteiger partial charge >= 0.3 is 0 Å². The zero-order valence-electron chi connectivity index (χ0n) is 10.5. The van der Waals surface area contributed by atoms with E-state index >= 15 is 0 Å². The number of nitrogens with one attached hydrogen (secondary N) is 2. The summed E-state index contributed by atoms with van der Waals surface area (Å²) in [4.78, 5) is 25.6. The molecule has 2 rings (SSSR count). The smallest absolute Gasteiger partial charge is 0.251 e. The predicted molar refractivity (Wildman–Crippen MR) is 71.7 cm³/mol. The number of hydrogen-bond donors (Lipinski definition) is 2. The first kappa shape index (κ1) is 12.4. The third-order valence-corrected chi connectivity index (χ3v) is 2.93. The molecule has 0 unspecified atom stereocenters. The summed E-state index contributed by atoms with van der Waals surface area (Å²) in [5.41, 5.74) is 2.55. The second kappa shape index (κ2) is 5.04. The Balaban J connectivity index is 2.32. The van der Waals surface area contributed by atoms with E-state index in [2.05, 4.69) is 10.3 Å². The van der Waals surface area contributed by atoms with Gasteiger partial charge in [-0.05, 0) is 30.4 Å². The molecule has 0 aliphatic rings. The molecular formula is C14H16N2O2. The van der Waals surface area contributed by atoms with Crippen molar-refractivity contribution in [2.75, 3.05) is 6.54 Å². The number of fused-ring (bicyclic) bond motifs is 1. The molecule has 0 aliphatic heterocycles. The van der Waals surface area contributed by atoms with Crippen LogP contribution < -0.4 is 10.9 Å². The topological polar surface area (TPSA) is 62.0 Å². The second-order valence-corrected chi connectivity index (χ2v) is 4.40. The average Bonchev–Trinajstić information content (AvgIpc) is 2.31. The van der Waals surface area contributed by atoms with E-state index in [9.17, 15) is 9.59 Å². The molecule has 94 valence electrons. The molecular weight excluding hydrogens is 228 g/mol. The van der Waals surface area contributed by atoms with Gasteiger partial charge in [-0.15, -0.1) is 0 Å². The van der Waals surface area contributed by atoms with Crippen molar-refractivity contribution in [2.24, 2.45) is 0 Å². The maximum atomic E-state index is 11.9. The highest BCUT2D eigenvalue weighted by Gasteiger charge is 2.04. The zero-order valence-corrected chi connectivity index (χ0v) is 10.5. The first-order valence-corrected chi connectivity index (χ1v) is 5.94. The van der Waals surface area contributed by atoms with Crippen LogP contribution in [0.2, 0.25) is 0 Å². The van der Waals surface area contributed by atoms with Crippen LogP contribution in [0, 0.1) is 6.92 Å². The Kier molecular flexibility index (Phi) is 3.46. The van der Waals surface area contributed by atoms with Gasteiger partial charge in [0.25, 0.3) is 5.56 Å². The summed E-state index contributed by atoms with van der Waals surface area (Å²) in [6.45, 7) is 3.92. The molecule has 18 heavy (non-hydrogen) atoms. The monoisotopic (exact) mass is 244 g/mol. The van der Waals surface area contributed by atoms with Crippen molar-refractivity contribution in [3.8, 4) is 0 Å². The molecule has 1 amide bonds. The molecule has 4 heteroatoms. The zero-order chi connectivity index (χ0) is 13.1. The fourth-order valence-corrected chi connectivity index (χ4v) is 1.99. The van der Waals surface area contributed by atoms with Crippen LogP contribution in [0.5, 0.6) is 0 Å². The summed E-state index contributed by atoms with van der Waals surface area (Å²) in [6, 6.07) is 7.80. The standard InChI is InChI=1S/C14H16N2O2/c1-9-4-3-5-11-8-12(6-7-15-10(2)17)14(18)16-13(9)11/h3-5,8H,6-7H2,1-2H3,(H,15,17)(H,16,18). The molecule has 0 spiro atoms. The van der Waals surface area contributed by atoms with Gasteiger partial charge < -0.3 is 10.3 Å². The lowest BCUT2D eigenvalue weighted by molar-refractivity contribution is -0.118. The minimum Gasteiger partial charge on any atom is -0.356 e. The largest absolute Gasteiger partial charge is 0.356 e. The van der Waals surface area contributed by atoms with Crippen LogP contribution in [0.25, 0.3) is 10.9 Å². The molecule has 1 aromatic carbocycles. The Morgan fingerprint density at radius 2 is 2.17 bits per heavy atom. The van der Waals surface area contributed by atoms with Crippen LogP contribution in [0.1, 0.15) is 18.1 Å². The fraction of sp³-hybridized carbons (Fsp3) is 0.286. The quantitative estimate of drug-likeness (QED) is 0.859. The van der Waals surface area contributed by atoms with Gasteiger partial charge in [-0.2, -0.15) is 0 Å². The Bertz CT molecular complexity index is 644. The van der Waals surface area contributed by atoms with E-state index < -0.39 is 0 Å². The van der Waals surface area contributed by atoms with Crippen LogP contribution in [0.4, 0.5) is 0 Å². The molecule has 0 saturated carbocycles. The predicted octanol–water partition coefficient (Wildman–Crippen LogP) is 1.52. The lowest BCUT2D eigenvalue weighted by atomic mass is 10.1. The molecule has 0 aliphatic carbocycles. The Labute approximate surface area is 105 Å². The minimum absolute atomic E-state index is 0.0805. The molecule has 0 radical (unpaired) electrons. The first-order valence-electron chi connectivity index (χ1n) is 5.94. The number of amides is 1. The van der Waals surface area contributed by atoms with Gasteiger partial charge in [0.1, 0.15) is 0 Å². The summed E-state index contributed by atoms with van der Waals surface area (Å²) >= 11 is 0. The van der Waals surface area contributed by atoms with E-state index in [1.54, 1.807) is 0 Å². The fourth-order valence-electron chi connectivity index (χ4n) is 1.99. The van der Waals surface area contributed by atoms with Crippen molar-refractivity contribution in [3.05, 3.63) is 45.7 Å². The van der Waals surface area contributed by atoms with Crippen LogP contribution >= 0.6 is 0 Å². The Hall–Kier alpha value is -2.10. The van der Waals surface area contributed by atoms with Crippen molar-refractivity contribution in [1.82, 2.24) is 10.3 Å². The maximum absolute atomic E-state index is 11.9. The molecule has 0 atom stereocenters. The number of benzene rings is 1. The van der Waals surface area contributed by atoms with E-state index in [4.69, 9.17) is 0 Å². The summed E-state index contributed by atoms with van der Waals surface area (Å²) in [5.74, 6) is -0.0805. The first-order chi connectivity index (χ1) is 8.58. The van der Waals surface area contributed by atoms with Crippen molar-refractivity contribution in [3.63, 3.8) is 0 Å². The van der Waals surface area contributed by atoms with E-state index in [-0.39, 0.29) is 11.5 Å². The minimum atomic E-state index is -0.0813. The molecule has 2 N–H and O–H groups in total. The van der Waals surface area contributed by atoms with Crippen molar-refractivity contribution >= 4 is 16.8 Å². The van der Waals surface area contributed by atoms with Crippen molar-refractivity contribution in [2.45, 2.75) is 20.3 Å². The van der Waals surface area contributed by atoms with Gasteiger partial charge in [0.05, 0.1) is 5.52 Å². The van der Waals surface area contributed by atoms with Gasteiger partial charge in [0.15, 0.2) is 0 Å². The number of rotatable bonds is 3. The summed E-state index contributed by atoms with van der Waals surface area (Å²) in [6.07, 6.45) is 0.540. The molecule has 0 saturated heterocycles. The maximum Gasteiger partial charge on any atom is 0.251 e.